The Morgan fingerprint density at radius 2 is 1.71 bits per heavy atom. The molecule has 0 N–H and O–H groups in total. The highest BCUT2D eigenvalue weighted by molar-refractivity contribution is 9.10. The first-order valence-electron chi connectivity index (χ1n) is 5.21. The Bertz CT molecular complexity index is 424. The van der Waals surface area contributed by atoms with Gasteiger partial charge in [0.2, 0.25) is 0 Å². The van der Waals surface area contributed by atoms with Crippen LogP contribution in [0.5, 0.6) is 0 Å². The minimum Gasteiger partial charge on any atom is -0.371 e. The van der Waals surface area contributed by atoms with Crippen molar-refractivity contribution in [3.63, 3.8) is 0 Å². The SMILES string of the molecule is Fc1cc(Br)cc(N2CCCC2)c1C(F)(F)F. The molecule has 1 heterocycles. The van der Waals surface area contributed by atoms with Crippen LogP contribution in [-0.2, 0) is 6.18 Å². The fourth-order valence-corrected chi connectivity index (χ4v) is 2.47. The number of hydrogen-bond donors (Lipinski definition) is 0. The fourth-order valence-electron chi connectivity index (χ4n) is 2.05. The van der Waals surface area contributed by atoms with E-state index in [0.717, 1.165) is 18.9 Å². The molecule has 17 heavy (non-hydrogen) atoms. The molecule has 1 aromatic rings. The van der Waals surface area contributed by atoms with Crippen molar-refractivity contribution in [2.24, 2.45) is 0 Å². The second-order valence-electron chi connectivity index (χ2n) is 3.97. The second-order valence-corrected chi connectivity index (χ2v) is 4.89. The van der Waals surface area contributed by atoms with Gasteiger partial charge in [0, 0.05) is 17.6 Å². The third kappa shape index (κ3) is 2.56. The molecule has 0 aromatic heterocycles. The van der Waals surface area contributed by atoms with E-state index in [-0.39, 0.29) is 5.69 Å². The quantitative estimate of drug-likeness (QED) is 0.702. The molecular weight excluding hydrogens is 302 g/mol. The van der Waals surface area contributed by atoms with Crippen LogP contribution < -0.4 is 4.90 Å². The van der Waals surface area contributed by atoms with Crippen molar-refractivity contribution in [2.75, 3.05) is 18.0 Å². The molecule has 94 valence electrons. The summed E-state index contributed by atoms with van der Waals surface area (Å²) < 4.78 is 52.2. The lowest BCUT2D eigenvalue weighted by Gasteiger charge is -2.23. The number of halogens is 5. The summed E-state index contributed by atoms with van der Waals surface area (Å²) in [6.45, 7) is 1.08. The Labute approximate surface area is 105 Å². The molecule has 1 saturated heterocycles. The highest BCUT2D eigenvalue weighted by Crippen LogP contribution is 2.41. The van der Waals surface area contributed by atoms with Gasteiger partial charge >= 0.3 is 6.18 Å². The maximum absolute atomic E-state index is 13.5. The van der Waals surface area contributed by atoms with Crippen LogP contribution in [0.4, 0.5) is 23.2 Å². The van der Waals surface area contributed by atoms with Crippen LogP contribution in [0.15, 0.2) is 16.6 Å². The lowest BCUT2D eigenvalue weighted by atomic mass is 10.1. The number of rotatable bonds is 1. The smallest absolute Gasteiger partial charge is 0.371 e. The third-order valence-corrected chi connectivity index (χ3v) is 3.22. The number of hydrogen-bond acceptors (Lipinski definition) is 1. The number of benzene rings is 1. The van der Waals surface area contributed by atoms with Gasteiger partial charge in [0.15, 0.2) is 0 Å². The normalized spacial score (nSPS) is 16.6. The van der Waals surface area contributed by atoms with Crippen LogP contribution in [0, 0.1) is 5.82 Å². The maximum Gasteiger partial charge on any atom is 0.421 e. The minimum absolute atomic E-state index is 0.0677. The molecule has 0 aliphatic carbocycles. The van der Waals surface area contributed by atoms with Crippen LogP contribution in [0.3, 0.4) is 0 Å². The van der Waals surface area contributed by atoms with Gasteiger partial charge in [-0.05, 0) is 25.0 Å². The summed E-state index contributed by atoms with van der Waals surface area (Å²) in [5.41, 5.74) is -1.23. The van der Waals surface area contributed by atoms with E-state index in [2.05, 4.69) is 15.9 Å². The number of nitrogens with zero attached hydrogens (tertiary/aromatic N) is 1. The predicted octanol–water partition coefficient (Wildman–Crippen LogP) is 4.21. The van der Waals surface area contributed by atoms with Gasteiger partial charge in [-0.15, -0.1) is 0 Å². The molecule has 6 heteroatoms. The van der Waals surface area contributed by atoms with Crippen molar-refractivity contribution in [1.82, 2.24) is 0 Å². The monoisotopic (exact) mass is 311 g/mol. The maximum atomic E-state index is 13.5. The summed E-state index contributed by atoms with van der Waals surface area (Å²) in [6.07, 6.45) is -2.99. The van der Waals surface area contributed by atoms with Gasteiger partial charge < -0.3 is 4.90 Å². The first kappa shape index (κ1) is 12.7. The lowest BCUT2D eigenvalue weighted by Crippen LogP contribution is -2.23. The van der Waals surface area contributed by atoms with Gasteiger partial charge in [0.05, 0.1) is 5.69 Å². The standard InChI is InChI=1S/C11H10BrF4N/c12-7-5-8(13)10(11(14,15)16)9(6-7)17-3-1-2-4-17/h5-6H,1-4H2. The average molecular weight is 312 g/mol. The Balaban J connectivity index is 2.54. The van der Waals surface area contributed by atoms with Gasteiger partial charge in [0.25, 0.3) is 0 Å². The van der Waals surface area contributed by atoms with Crippen molar-refractivity contribution in [3.05, 3.63) is 28.0 Å². The molecule has 1 nitrogen and oxygen atoms in total. The molecule has 1 aliphatic heterocycles. The molecule has 0 atom stereocenters. The van der Waals surface area contributed by atoms with E-state index in [9.17, 15) is 17.6 Å². The van der Waals surface area contributed by atoms with E-state index < -0.39 is 17.6 Å². The van der Waals surface area contributed by atoms with Gasteiger partial charge in [0.1, 0.15) is 11.4 Å². The molecule has 0 spiro atoms. The van der Waals surface area contributed by atoms with Crippen LogP contribution in [-0.4, -0.2) is 13.1 Å². The Kier molecular flexibility index (Phi) is 3.34. The second kappa shape index (κ2) is 4.48. The first-order valence-corrected chi connectivity index (χ1v) is 6.00. The molecule has 1 aliphatic rings. The highest BCUT2D eigenvalue weighted by Gasteiger charge is 2.39. The van der Waals surface area contributed by atoms with Crippen molar-refractivity contribution in [3.8, 4) is 0 Å². The van der Waals surface area contributed by atoms with Crippen molar-refractivity contribution in [1.29, 1.82) is 0 Å². The van der Waals surface area contributed by atoms with Gasteiger partial charge in [-0.2, -0.15) is 13.2 Å². The Morgan fingerprint density at radius 3 is 2.24 bits per heavy atom. The lowest BCUT2D eigenvalue weighted by molar-refractivity contribution is -0.139. The van der Waals surface area contributed by atoms with Crippen molar-refractivity contribution in [2.45, 2.75) is 19.0 Å². The van der Waals surface area contributed by atoms with E-state index >= 15 is 0 Å². The Morgan fingerprint density at radius 1 is 1.12 bits per heavy atom. The van der Waals surface area contributed by atoms with Gasteiger partial charge in [-0.25, -0.2) is 4.39 Å². The molecule has 2 rings (SSSR count). The molecule has 1 fully saturated rings. The summed E-state index contributed by atoms with van der Waals surface area (Å²) in [5.74, 6) is -1.23. The van der Waals surface area contributed by atoms with Gasteiger partial charge in [-0.3, -0.25) is 0 Å². The minimum atomic E-state index is -4.66. The van der Waals surface area contributed by atoms with E-state index in [1.54, 1.807) is 4.90 Å². The summed E-state index contributed by atoms with van der Waals surface area (Å²) in [7, 11) is 0. The molecule has 0 radical (unpaired) electrons. The zero-order valence-corrected chi connectivity index (χ0v) is 10.4. The number of anilines is 1. The summed E-state index contributed by atoms with van der Waals surface area (Å²) in [6, 6.07) is 2.18. The van der Waals surface area contributed by atoms with Crippen LogP contribution in [0.2, 0.25) is 0 Å². The fraction of sp³-hybridized carbons (Fsp3) is 0.455. The average Bonchev–Trinajstić information content (AvgIpc) is 2.65. The third-order valence-electron chi connectivity index (χ3n) is 2.76. The summed E-state index contributed by atoms with van der Waals surface area (Å²) in [5, 5.41) is 0. The Hall–Kier alpha value is -0.780. The van der Waals surface area contributed by atoms with Crippen molar-refractivity contribution >= 4 is 21.6 Å². The zero-order valence-electron chi connectivity index (χ0n) is 8.82. The largest absolute Gasteiger partial charge is 0.421 e. The van der Waals surface area contributed by atoms with Gasteiger partial charge in [-0.1, -0.05) is 15.9 Å². The van der Waals surface area contributed by atoms with Crippen LogP contribution >= 0.6 is 15.9 Å². The molecule has 0 unspecified atom stereocenters. The molecule has 1 aromatic carbocycles. The van der Waals surface area contributed by atoms with Crippen LogP contribution in [0.25, 0.3) is 0 Å². The first-order chi connectivity index (χ1) is 7.89. The van der Waals surface area contributed by atoms with E-state index in [1.165, 1.54) is 6.07 Å². The topological polar surface area (TPSA) is 3.24 Å². The molecule has 0 amide bonds. The van der Waals surface area contributed by atoms with Crippen molar-refractivity contribution < 1.29 is 17.6 Å². The van der Waals surface area contributed by atoms with Crippen LogP contribution in [0.1, 0.15) is 18.4 Å². The summed E-state index contributed by atoms with van der Waals surface area (Å²) >= 11 is 3.03. The summed E-state index contributed by atoms with van der Waals surface area (Å²) in [4.78, 5) is 1.58. The highest BCUT2D eigenvalue weighted by atomic mass is 79.9. The molecule has 0 bridgehead atoms. The zero-order chi connectivity index (χ0) is 12.6. The van der Waals surface area contributed by atoms with E-state index in [0.29, 0.717) is 17.6 Å². The predicted molar refractivity (Wildman–Crippen MR) is 60.5 cm³/mol. The molecule has 0 saturated carbocycles. The van der Waals surface area contributed by atoms with E-state index in [1.807, 2.05) is 0 Å². The molecular formula is C11H10BrF4N. The number of alkyl halides is 3. The van der Waals surface area contributed by atoms with E-state index in [4.69, 9.17) is 0 Å².